The minimum absolute atomic E-state index is 0.0309. The topological polar surface area (TPSA) is 122 Å². The second kappa shape index (κ2) is 11.0. The van der Waals surface area contributed by atoms with Gasteiger partial charge in [0.25, 0.3) is 5.91 Å². The lowest BCUT2D eigenvalue weighted by molar-refractivity contribution is 0.0541. The highest BCUT2D eigenvalue weighted by Gasteiger charge is 2.38. The number of nitrogens with one attached hydrogen (secondary N) is 2. The van der Waals surface area contributed by atoms with Crippen LogP contribution >= 0.6 is 0 Å². The molecule has 12 heteroatoms. The van der Waals surface area contributed by atoms with E-state index in [9.17, 15) is 9.59 Å². The lowest BCUT2D eigenvalue weighted by Gasteiger charge is -2.34. The molecular formula is C28H32FN7O4. The van der Waals surface area contributed by atoms with Crippen LogP contribution in [0.1, 0.15) is 38.1 Å². The summed E-state index contributed by atoms with van der Waals surface area (Å²) in [6.45, 7) is 9.91. The van der Waals surface area contributed by atoms with Gasteiger partial charge in [0.2, 0.25) is 11.8 Å². The number of rotatable bonds is 5. The van der Waals surface area contributed by atoms with Gasteiger partial charge in [-0.2, -0.15) is 4.98 Å². The lowest BCUT2D eigenvalue weighted by atomic mass is 10.0. The zero-order valence-corrected chi connectivity index (χ0v) is 22.9. The Labute approximate surface area is 231 Å². The monoisotopic (exact) mass is 549 g/mol. The van der Waals surface area contributed by atoms with E-state index in [1.54, 1.807) is 35.5 Å². The molecule has 1 fully saturated rings. The number of ether oxygens (including phenoxy) is 2. The van der Waals surface area contributed by atoms with Crippen LogP contribution < -0.4 is 20.3 Å². The summed E-state index contributed by atoms with van der Waals surface area (Å²) in [5.74, 6) is -0.555. The first-order valence-electron chi connectivity index (χ1n) is 13.2. The van der Waals surface area contributed by atoms with E-state index < -0.39 is 17.4 Å². The van der Waals surface area contributed by atoms with Crippen molar-refractivity contribution in [2.75, 3.05) is 48.4 Å². The van der Waals surface area contributed by atoms with E-state index in [1.807, 2.05) is 32.6 Å². The first-order chi connectivity index (χ1) is 19.1. The van der Waals surface area contributed by atoms with E-state index in [1.165, 1.54) is 12.1 Å². The predicted octanol–water partition coefficient (Wildman–Crippen LogP) is 4.18. The Bertz CT molecular complexity index is 1420. The molecule has 2 aliphatic heterocycles. The van der Waals surface area contributed by atoms with Crippen LogP contribution in [0.15, 0.2) is 42.7 Å². The second-order valence-corrected chi connectivity index (χ2v) is 10.4. The van der Waals surface area contributed by atoms with Crippen molar-refractivity contribution in [2.45, 2.75) is 39.3 Å². The van der Waals surface area contributed by atoms with Crippen LogP contribution in [0.25, 0.3) is 11.3 Å². The molecule has 210 valence electrons. The molecule has 1 atom stereocenters. The molecule has 1 unspecified atom stereocenters. The van der Waals surface area contributed by atoms with Crippen LogP contribution in [0.4, 0.5) is 26.5 Å². The van der Waals surface area contributed by atoms with Gasteiger partial charge in [0, 0.05) is 42.4 Å². The number of aromatic nitrogens is 3. The number of hydrogen-bond donors (Lipinski definition) is 2. The summed E-state index contributed by atoms with van der Waals surface area (Å²) < 4.78 is 27.6. The van der Waals surface area contributed by atoms with E-state index in [2.05, 4.69) is 20.6 Å². The van der Waals surface area contributed by atoms with Crippen molar-refractivity contribution in [3.05, 3.63) is 54.1 Å². The Hall–Kier alpha value is -4.32. The third-order valence-electron chi connectivity index (χ3n) is 6.74. The molecule has 3 aromatic rings. The standard InChI is InChI=1S/C28H32FN7O4/c1-5-35-16-28(3,4)40-24-22(25(35)37)23(33-26(34-24)36-12-13-39-15-17(36)2)20-7-6-19(14-21(20)29)32-27(38)31-18-8-10-30-11-9-18/h6-11,14,17H,5,12-13,15-16H2,1-4H3,(H2,30,31,32,38). The van der Waals surface area contributed by atoms with Crippen molar-refractivity contribution in [2.24, 2.45) is 0 Å². The largest absolute Gasteiger partial charge is 0.469 e. The molecule has 3 amide bonds. The summed E-state index contributed by atoms with van der Waals surface area (Å²) in [5.41, 5.74) is 0.366. The van der Waals surface area contributed by atoms with E-state index in [0.29, 0.717) is 44.5 Å². The number of morpholine rings is 1. The number of benzene rings is 1. The molecule has 2 N–H and O–H groups in total. The molecule has 0 spiro atoms. The van der Waals surface area contributed by atoms with Crippen molar-refractivity contribution < 1.29 is 23.5 Å². The Kier molecular flexibility index (Phi) is 7.53. The number of nitrogens with zero attached hydrogens (tertiary/aromatic N) is 5. The molecule has 1 aromatic carbocycles. The number of fused-ring (bicyclic) bond motifs is 1. The molecule has 4 heterocycles. The van der Waals surface area contributed by atoms with E-state index in [4.69, 9.17) is 14.5 Å². The Morgan fingerprint density at radius 3 is 2.60 bits per heavy atom. The number of carbonyl (C=O) groups is 2. The molecule has 0 radical (unpaired) electrons. The molecule has 5 rings (SSSR count). The van der Waals surface area contributed by atoms with Crippen LogP contribution in [-0.2, 0) is 4.74 Å². The number of amides is 3. The van der Waals surface area contributed by atoms with Gasteiger partial charge in [0.05, 0.1) is 31.5 Å². The number of pyridine rings is 1. The quantitative estimate of drug-likeness (QED) is 0.486. The highest BCUT2D eigenvalue weighted by molar-refractivity contribution is 6.03. The number of likely N-dealkylation sites (N-methyl/N-ethyl adjacent to an activating group) is 1. The fourth-order valence-electron chi connectivity index (χ4n) is 4.80. The van der Waals surface area contributed by atoms with Crippen molar-refractivity contribution in [3.63, 3.8) is 0 Å². The smallest absolute Gasteiger partial charge is 0.323 e. The van der Waals surface area contributed by atoms with Crippen LogP contribution in [0, 0.1) is 5.82 Å². The van der Waals surface area contributed by atoms with Gasteiger partial charge in [-0.15, -0.1) is 0 Å². The first-order valence-corrected chi connectivity index (χ1v) is 13.2. The van der Waals surface area contributed by atoms with Gasteiger partial charge in [-0.25, -0.2) is 14.2 Å². The number of anilines is 3. The van der Waals surface area contributed by atoms with Gasteiger partial charge in [0.1, 0.15) is 17.0 Å². The summed E-state index contributed by atoms with van der Waals surface area (Å²) in [5, 5.41) is 5.28. The molecule has 0 aliphatic carbocycles. The lowest BCUT2D eigenvalue weighted by Crippen LogP contribution is -2.44. The summed E-state index contributed by atoms with van der Waals surface area (Å²) in [6, 6.07) is 6.94. The molecule has 0 saturated carbocycles. The highest BCUT2D eigenvalue weighted by atomic mass is 19.1. The van der Waals surface area contributed by atoms with Gasteiger partial charge in [-0.05, 0) is 58.0 Å². The van der Waals surface area contributed by atoms with E-state index >= 15 is 4.39 Å². The average molecular weight is 550 g/mol. The normalized spacial score (nSPS) is 18.4. The number of halogens is 1. The number of hydrogen-bond acceptors (Lipinski definition) is 8. The summed E-state index contributed by atoms with van der Waals surface area (Å²) in [6.07, 6.45) is 3.10. The van der Waals surface area contributed by atoms with Crippen LogP contribution in [0.3, 0.4) is 0 Å². The minimum Gasteiger partial charge on any atom is -0.469 e. The maximum atomic E-state index is 15.8. The van der Waals surface area contributed by atoms with Crippen LogP contribution in [0.2, 0.25) is 0 Å². The summed E-state index contributed by atoms with van der Waals surface area (Å²) in [4.78, 5) is 43.1. The van der Waals surface area contributed by atoms with Crippen molar-refractivity contribution >= 4 is 29.3 Å². The maximum Gasteiger partial charge on any atom is 0.323 e. The van der Waals surface area contributed by atoms with Crippen molar-refractivity contribution in [1.29, 1.82) is 0 Å². The first kappa shape index (κ1) is 27.3. The molecular weight excluding hydrogens is 517 g/mol. The van der Waals surface area contributed by atoms with E-state index in [0.717, 1.165) is 0 Å². The van der Waals surface area contributed by atoms with Gasteiger partial charge in [-0.3, -0.25) is 9.78 Å². The fourth-order valence-corrected chi connectivity index (χ4v) is 4.80. The van der Waals surface area contributed by atoms with Crippen molar-refractivity contribution in [1.82, 2.24) is 19.9 Å². The maximum absolute atomic E-state index is 15.8. The van der Waals surface area contributed by atoms with Gasteiger partial charge in [0.15, 0.2) is 0 Å². The third kappa shape index (κ3) is 5.67. The highest BCUT2D eigenvalue weighted by Crippen LogP contribution is 2.37. The summed E-state index contributed by atoms with van der Waals surface area (Å²) in [7, 11) is 0. The minimum atomic E-state index is -0.731. The molecule has 11 nitrogen and oxygen atoms in total. The van der Waals surface area contributed by atoms with Gasteiger partial charge >= 0.3 is 6.03 Å². The molecule has 2 aromatic heterocycles. The predicted molar refractivity (Wildman–Crippen MR) is 148 cm³/mol. The Balaban J connectivity index is 1.56. The zero-order valence-electron chi connectivity index (χ0n) is 22.9. The van der Waals surface area contributed by atoms with E-state index in [-0.39, 0.29) is 40.3 Å². The van der Waals surface area contributed by atoms with Gasteiger partial charge < -0.3 is 29.9 Å². The van der Waals surface area contributed by atoms with Crippen LogP contribution in [0.5, 0.6) is 5.88 Å². The molecule has 40 heavy (non-hydrogen) atoms. The summed E-state index contributed by atoms with van der Waals surface area (Å²) >= 11 is 0. The van der Waals surface area contributed by atoms with Crippen molar-refractivity contribution in [3.8, 4) is 17.1 Å². The average Bonchev–Trinajstić information content (AvgIpc) is 3.01. The molecule has 2 aliphatic rings. The van der Waals surface area contributed by atoms with Gasteiger partial charge in [-0.1, -0.05) is 0 Å². The fraction of sp³-hybridized carbons (Fsp3) is 0.393. The third-order valence-corrected chi connectivity index (χ3v) is 6.74. The number of urea groups is 1. The molecule has 1 saturated heterocycles. The molecule has 0 bridgehead atoms. The zero-order chi connectivity index (χ0) is 28.4. The Morgan fingerprint density at radius 2 is 1.90 bits per heavy atom. The second-order valence-electron chi connectivity index (χ2n) is 10.4. The Morgan fingerprint density at radius 1 is 1.15 bits per heavy atom. The SMILES string of the molecule is CCN1CC(C)(C)Oc2nc(N3CCOCC3C)nc(-c3ccc(NC(=O)Nc4ccncc4)cc3F)c2C1=O. The van der Waals surface area contributed by atoms with Crippen LogP contribution in [-0.4, -0.2) is 76.3 Å². The number of carbonyl (C=O) groups excluding carboxylic acids is 2.